The van der Waals surface area contributed by atoms with Gasteiger partial charge in [-0.1, -0.05) is 18.2 Å². The van der Waals surface area contributed by atoms with Crippen LogP contribution in [-0.4, -0.2) is 35.8 Å². The van der Waals surface area contributed by atoms with Crippen LogP contribution in [0, 0.1) is 11.8 Å². The third kappa shape index (κ3) is 5.02. The molecular formula is C23H32N2O3. The molecule has 152 valence electrons. The number of rotatable bonds is 8. The predicted molar refractivity (Wildman–Crippen MR) is 112 cm³/mol. The number of esters is 1. The second-order valence-electron chi connectivity index (χ2n) is 7.76. The Kier molecular flexibility index (Phi) is 7.26. The zero-order valence-corrected chi connectivity index (χ0v) is 17.1. The Labute approximate surface area is 167 Å². The normalized spacial score (nSPS) is 19.5. The summed E-state index contributed by atoms with van der Waals surface area (Å²) in [5, 5.41) is 10.9. The minimum Gasteiger partial charge on any atom is -0.466 e. The average molecular weight is 385 g/mol. The first-order valence-electron chi connectivity index (χ1n) is 10.5. The number of carbonyl (C=O) groups excluding carboxylic acids is 1. The molecule has 1 aromatic heterocycles. The molecule has 1 aliphatic carbocycles. The van der Waals surface area contributed by atoms with Gasteiger partial charge in [0.05, 0.1) is 18.7 Å². The highest BCUT2D eigenvalue weighted by Gasteiger charge is 2.25. The number of ether oxygens (including phenoxy) is 1. The van der Waals surface area contributed by atoms with Crippen LogP contribution in [0.25, 0.3) is 10.9 Å². The standard InChI is InChI=1S/C23H32N2O3/c1-3-25(15-18-11-9-17(10-12-18)13-22(27)28-4-2)23-20(16-26)14-19-7-5-6-8-21(19)24-23/h5-8,14,17-18,26H,3-4,9-13,15-16H2,1-2H3. The summed E-state index contributed by atoms with van der Waals surface area (Å²) in [6, 6.07) is 10.1. The number of aliphatic hydroxyl groups is 1. The Balaban J connectivity index is 1.65. The van der Waals surface area contributed by atoms with Gasteiger partial charge in [-0.25, -0.2) is 4.98 Å². The van der Waals surface area contributed by atoms with E-state index in [9.17, 15) is 9.90 Å². The smallest absolute Gasteiger partial charge is 0.306 e. The molecule has 1 N–H and O–H groups in total. The number of anilines is 1. The molecule has 3 rings (SSSR count). The summed E-state index contributed by atoms with van der Waals surface area (Å²) >= 11 is 0. The van der Waals surface area contributed by atoms with Crippen LogP contribution in [0.1, 0.15) is 51.5 Å². The highest BCUT2D eigenvalue weighted by molar-refractivity contribution is 5.81. The van der Waals surface area contributed by atoms with Crippen LogP contribution in [0.15, 0.2) is 30.3 Å². The van der Waals surface area contributed by atoms with Crippen molar-refractivity contribution in [2.45, 2.75) is 52.6 Å². The van der Waals surface area contributed by atoms with E-state index in [1.165, 1.54) is 0 Å². The quantitative estimate of drug-likeness (QED) is 0.687. The van der Waals surface area contributed by atoms with Crippen LogP contribution in [0.2, 0.25) is 0 Å². The molecule has 0 unspecified atom stereocenters. The third-order valence-electron chi connectivity index (χ3n) is 5.84. The predicted octanol–water partition coefficient (Wildman–Crippen LogP) is 4.31. The number of carbonyl (C=O) groups is 1. The van der Waals surface area contributed by atoms with E-state index in [0.717, 1.165) is 61.1 Å². The second-order valence-corrected chi connectivity index (χ2v) is 7.76. The van der Waals surface area contributed by atoms with Gasteiger partial charge < -0.3 is 14.7 Å². The lowest BCUT2D eigenvalue weighted by atomic mass is 9.80. The molecule has 5 nitrogen and oxygen atoms in total. The number of aliphatic hydroxyl groups excluding tert-OH is 1. The highest BCUT2D eigenvalue weighted by Crippen LogP contribution is 2.33. The van der Waals surface area contributed by atoms with Gasteiger partial charge in [-0.3, -0.25) is 4.79 Å². The van der Waals surface area contributed by atoms with E-state index in [0.29, 0.717) is 24.9 Å². The lowest BCUT2D eigenvalue weighted by Crippen LogP contribution is -2.33. The van der Waals surface area contributed by atoms with Gasteiger partial charge in [-0.05, 0) is 63.5 Å². The Morgan fingerprint density at radius 3 is 2.57 bits per heavy atom. The van der Waals surface area contributed by atoms with E-state index in [-0.39, 0.29) is 12.6 Å². The van der Waals surface area contributed by atoms with E-state index in [2.05, 4.69) is 17.9 Å². The molecule has 5 heteroatoms. The maximum absolute atomic E-state index is 11.7. The molecule has 2 aromatic rings. The Morgan fingerprint density at radius 1 is 1.18 bits per heavy atom. The van der Waals surface area contributed by atoms with Crippen molar-refractivity contribution in [2.75, 3.05) is 24.6 Å². The summed E-state index contributed by atoms with van der Waals surface area (Å²) in [7, 11) is 0. The van der Waals surface area contributed by atoms with E-state index in [4.69, 9.17) is 9.72 Å². The van der Waals surface area contributed by atoms with E-state index < -0.39 is 0 Å². The summed E-state index contributed by atoms with van der Waals surface area (Å²) in [6.07, 6.45) is 4.97. The molecule has 0 saturated heterocycles. The van der Waals surface area contributed by atoms with Crippen molar-refractivity contribution in [3.63, 3.8) is 0 Å². The molecule has 1 saturated carbocycles. The first kappa shape index (κ1) is 20.6. The third-order valence-corrected chi connectivity index (χ3v) is 5.84. The van der Waals surface area contributed by atoms with Gasteiger partial charge in [0.25, 0.3) is 0 Å². The molecule has 28 heavy (non-hydrogen) atoms. The Hall–Kier alpha value is -2.14. The fraction of sp³-hybridized carbons (Fsp3) is 0.565. The van der Waals surface area contributed by atoms with Gasteiger partial charge in [0.1, 0.15) is 5.82 Å². The van der Waals surface area contributed by atoms with Gasteiger partial charge in [0.2, 0.25) is 0 Å². The molecule has 0 bridgehead atoms. The fourth-order valence-electron chi connectivity index (χ4n) is 4.29. The van der Waals surface area contributed by atoms with Crippen molar-refractivity contribution in [2.24, 2.45) is 11.8 Å². The highest BCUT2D eigenvalue weighted by atomic mass is 16.5. The van der Waals surface area contributed by atoms with Crippen LogP contribution in [-0.2, 0) is 16.1 Å². The molecule has 1 aromatic carbocycles. The first-order chi connectivity index (χ1) is 13.6. The minimum absolute atomic E-state index is 0.00402. The van der Waals surface area contributed by atoms with E-state index in [1.54, 1.807) is 0 Å². The molecule has 0 aliphatic heterocycles. The lowest BCUT2D eigenvalue weighted by molar-refractivity contribution is -0.144. The van der Waals surface area contributed by atoms with Crippen molar-refractivity contribution >= 4 is 22.7 Å². The minimum atomic E-state index is -0.0610. The number of hydrogen-bond acceptors (Lipinski definition) is 5. The van der Waals surface area contributed by atoms with Crippen LogP contribution in [0.3, 0.4) is 0 Å². The number of pyridine rings is 1. The van der Waals surface area contributed by atoms with Crippen molar-refractivity contribution < 1.29 is 14.6 Å². The molecule has 1 heterocycles. The topological polar surface area (TPSA) is 62.7 Å². The Morgan fingerprint density at radius 2 is 1.89 bits per heavy atom. The van der Waals surface area contributed by atoms with Gasteiger partial charge in [0.15, 0.2) is 0 Å². The number of hydrogen-bond donors (Lipinski definition) is 1. The van der Waals surface area contributed by atoms with Crippen molar-refractivity contribution in [3.8, 4) is 0 Å². The maximum atomic E-state index is 11.7. The zero-order valence-electron chi connectivity index (χ0n) is 17.1. The van der Waals surface area contributed by atoms with Crippen molar-refractivity contribution in [1.82, 2.24) is 4.98 Å². The largest absolute Gasteiger partial charge is 0.466 e. The van der Waals surface area contributed by atoms with Gasteiger partial charge in [0, 0.05) is 30.5 Å². The number of fused-ring (bicyclic) bond motifs is 1. The molecule has 0 spiro atoms. The summed E-state index contributed by atoms with van der Waals surface area (Å²) in [4.78, 5) is 18.9. The molecule has 0 atom stereocenters. The molecule has 1 fully saturated rings. The number of benzene rings is 1. The van der Waals surface area contributed by atoms with Crippen molar-refractivity contribution in [3.05, 3.63) is 35.9 Å². The molecule has 1 aliphatic rings. The SMILES string of the molecule is CCOC(=O)CC1CCC(CN(CC)c2nc3ccccc3cc2CO)CC1. The zero-order chi connectivity index (χ0) is 19.9. The van der Waals surface area contributed by atoms with Gasteiger partial charge in [-0.2, -0.15) is 0 Å². The summed E-state index contributed by atoms with van der Waals surface area (Å²) in [5.41, 5.74) is 1.85. The van der Waals surface area contributed by atoms with Gasteiger partial charge in [-0.15, -0.1) is 0 Å². The lowest BCUT2D eigenvalue weighted by Gasteiger charge is -2.33. The number of para-hydroxylation sites is 1. The second kappa shape index (κ2) is 9.87. The summed E-state index contributed by atoms with van der Waals surface area (Å²) < 4.78 is 5.09. The fourth-order valence-corrected chi connectivity index (χ4v) is 4.29. The Bertz CT molecular complexity index is 785. The van der Waals surface area contributed by atoms with Crippen LogP contribution < -0.4 is 4.90 Å². The molecule has 0 amide bonds. The van der Waals surface area contributed by atoms with Crippen LogP contribution >= 0.6 is 0 Å². The van der Waals surface area contributed by atoms with Crippen LogP contribution in [0.4, 0.5) is 5.82 Å². The summed E-state index contributed by atoms with van der Waals surface area (Å²) in [5.74, 6) is 1.89. The van der Waals surface area contributed by atoms with E-state index in [1.807, 2.05) is 31.2 Å². The number of aromatic nitrogens is 1. The maximum Gasteiger partial charge on any atom is 0.306 e. The first-order valence-corrected chi connectivity index (χ1v) is 10.5. The summed E-state index contributed by atoms with van der Waals surface area (Å²) in [6.45, 7) is 6.27. The van der Waals surface area contributed by atoms with Crippen molar-refractivity contribution in [1.29, 1.82) is 0 Å². The number of nitrogens with zero attached hydrogens (tertiary/aromatic N) is 2. The van der Waals surface area contributed by atoms with Crippen LogP contribution in [0.5, 0.6) is 0 Å². The van der Waals surface area contributed by atoms with Gasteiger partial charge >= 0.3 is 5.97 Å². The molecule has 0 radical (unpaired) electrons. The monoisotopic (exact) mass is 384 g/mol. The average Bonchev–Trinajstić information content (AvgIpc) is 2.72. The molecular weight excluding hydrogens is 352 g/mol. The van der Waals surface area contributed by atoms with E-state index >= 15 is 0 Å².